The van der Waals surface area contributed by atoms with Crippen LogP contribution >= 0.6 is 0 Å². The normalized spacial score (nSPS) is 13.1. The van der Waals surface area contributed by atoms with E-state index >= 15 is 0 Å². The molecule has 1 unspecified atom stereocenters. The van der Waals surface area contributed by atoms with E-state index in [9.17, 15) is 14.4 Å². The fraction of sp³-hybridized carbons (Fsp3) is 0.617. The van der Waals surface area contributed by atoms with Crippen LogP contribution in [0.5, 0.6) is 0 Å². The van der Waals surface area contributed by atoms with Crippen LogP contribution in [0.2, 0.25) is 0 Å². The zero-order chi connectivity index (χ0) is 47.9. The molecule has 0 rings (SSSR count). The van der Waals surface area contributed by atoms with Gasteiger partial charge in [-0.15, -0.1) is 0 Å². The van der Waals surface area contributed by atoms with Gasteiger partial charge in [-0.1, -0.05) is 245 Å². The molecule has 0 heterocycles. The summed E-state index contributed by atoms with van der Waals surface area (Å²) in [5.41, 5.74) is 0. The van der Waals surface area contributed by atoms with Crippen molar-refractivity contribution in [3.63, 3.8) is 0 Å². The smallest absolute Gasteiger partial charge is 0.306 e. The highest BCUT2D eigenvalue weighted by Gasteiger charge is 2.19. The van der Waals surface area contributed by atoms with Gasteiger partial charge in [0.2, 0.25) is 0 Å². The Kier molecular flexibility index (Phi) is 50.0. The second-order valence-corrected chi connectivity index (χ2v) is 17.2. The van der Waals surface area contributed by atoms with Crippen molar-refractivity contribution in [1.29, 1.82) is 0 Å². The Hall–Kier alpha value is -4.19. The lowest BCUT2D eigenvalue weighted by atomic mass is 10.0. The van der Waals surface area contributed by atoms with Crippen LogP contribution in [0.25, 0.3) is 0 Å². The Labute approximate surface area is 405 Å². The molecule has 0 amide bonds. The van der Waals surface area contributed by atoms with Gasteiger partial charge in [0.15, 0.2) is 6.10 Å². The predicted octanol–water partition coefficient (Wildman–Crippen LogP) is 17.7. The van der Waals surface area contributed by atoms with Crippen LogP contribution in [0.3, 0.4) is 0 Å². The van der Waals surface area contributed by atoms with E-state index < -0.39 is 6.10 Å². The minimum absolute atomic E-state index is 0.116. The van der Waals surface area contributed by atoms with Crippen molar-refractivity contribution in [3.05, 3.63) is 122 Å². The molecule has 0 saturated carbocycles. The summed E-state index contributed by atoms with van der Waals surface area (Å²) >= 11 is 0. The fourth-order valence-electron chi connectivity index (χ4n) is 6.88. The standard InChI is InChI=1S/C60H96O6/c1-4-7-10-13-16-19-22-25-28-30-32-35-38-41-44-47-50-53-59(62)65-56-57(55-64-58(61)52-49-46-43-40-37-34-27-24-21-18-15-12-9-6-3)66-60(63)54-51-48-45-42-39-36-33-31-29-26-23-20-17-14-11-8-5-2/h7,10,13,16-17,19-20,22,25-26,28-30,32-33,35-36,38,42,45,57H,4-6,8-9,11-12,14-15,18,21,23-24,27,31,34,37,39-41,43-44,46-56H2,1-3H3/b10-7-,16-13-,20-17-,22-19-,28-25-,29-26-,32-30+,36-33-,38-35-,45-42-. The van der Waals surface area contributed by atoms with Crippen LogP contribution in [0, 0.1) is 0 Å². The summed E-state index contributed by atoms with van der Waals surface area (Å²) in [5.74, 6) is -1.02. The maximum atomic E-state index is 12.8. The Morgan fingerprint density at radius 2 is 0.667 bits per heavy atom. The zero-order valence-corrected chi connectivity index (χ0v) is 42.4. The Balaban J connectivity index is 4.59. The average Bonchev–Trinajstić information content (AvgIpc) is 3.31. The van der Waals surface area contributed by atoms with Gasteiger partial charge in [-0.3, -0.25) is 14.4 Å². The minimum Gasteiger partial charge on any atom is -0.462 e. The summed E-state index contributed by atoms with van der Waals surface area (Å²) in [6.07, 6.45) is 73.2. The molecule has 0 aliphatic rings. The number of hydrogen-bond acceptors (Lipinski definition) is 6. The Bertz CT molecular complexity index is 1420. The molecule has 0 aliphatic heterocycles. The molecule has 0 aromatic heterocycles. The summed E-state index contributed by atoms with van der Waals surface area (Å²) in [5, 5.41) is 0. The summed E-state index contributed by atoms with van der Waals surface area (Å²) in [4.78, 5) is 38.0. The van der Waals surface area contributed by atoms with Crippen LogP contribution in [0.4, 0.5) is 0 Å². The van der Waals surface area contributed by atoms with Gasteiger partial charge in [-0.25, -0.2) is 0 Å². The first kappa shape index (κ1) is 61.8. The molecular formula is C60H96O6. The second kappa shape index (κ2) is 53.4. The highest BCUT2D eigenvalue weighted by Crippen LogP contribution is 2.14. The lowest BCUT2D eigenvalue weighted by Crippen LogP contribution is -2.30. The first-order valence-corrected chi connectivity index (χ1v) is 26.6. The number of ether oxygens (including phenoxy) is 3. The lowest BCUT2D eigenvalue weighted by molar-refractivity contribution is -0.167. The van der Waals surface area contributed by atoms with Crippen molar-refractivity contribution in [1.82, 2.24) is 0 Å². The molecule has 66 heavy (non-hydrogen) atoms. The molecule has 0 aromatic rings. The van der Waals surface area contributed by atoms with Gasteiger partial charge in [0, 0.05) is 19.3 Å². The van der Waals surface area contributed by atoms with E-state index in [1.807, 2.05) is 60.8 Å². The van der Waals surface area contributed by atoms with Crippen molar-refractivity contribution in [2.24, 2.45) is 0 Å². The third kappa shape index (κ3) is 50.8. The van der Waals surface area contributed by atoms with Crippen LogP contribution in [0.1, 0.15) is 220 Å². The number of carbonyl (C=O) groups is 3. The number of carbonyl (C=O) groups excluding carboxylic acids is 3. The van der Waals surface area contributed by atoms with Crippen molar-refractivity contribution >= 4 is 17.9 Å². The van der Waals surface area contributed by atoms with Crippen molar-refractivity contribution < 1.29 is 28.6 Å². The first-order chi connectivity index (χ1) is 32.5. The molecule has 0 aliphatic carbocycles. The zero-order valence-electron chi connectivity index (χ0n) is 42.4. The van der Waals surface area contributed by atoms with Crippen LogP contribution in [-0.4, -0.2) is 37.2 Å². The van der Waals surface area contributed by atoms with E-state index in [-0.39, 0.29) is 37.5 Å². The van der Waals surface area contributed by atoms with Gasteiger partial charge >= 0.3 is 17.9 Å². The van der Waals surface area contributed by atoms with E-state index in [2.05, 4.69) is 81.5 Å². The summed E-state index contributed by atoms with van der Waals surface area (Å²) in [6, 6.07) is 0. The summed E-state index contributed by atoms with van der Waals surface area (Å²) in [7, 11) is 0. The third-order valence-corrected chi connectivity index (χ3v) is 10.9. The van der Waals surface area contributed by atoms with Gasteiger partial charge in [-0.2, -0.15) is 0 Å². The number of hydrogen-bond donors (Lipinski definition) is 0. The fourth-order valence-corrected chi connectivity index (χ4v) is 6.88. The maximum Gasteiger partial charge on any atom is 0.306 e. The molecular weight excluding hydrogens is 817 g/mol. The monoisotopic (exact) mass is 913 g/mol. The van der Waals surface area contributed by atoms with Gasteiger partial charge in [0.1, 0.15) is 13.2 Å². The molecule has 1 atom stereocenters. The molecule has 0 N–H and O–H groups in total. The molecule has 0 radical (unpaired) electrons. The molecule has 0 spiro atoms. The predicted molar refractivity (Wildman–Crippen MR) is 283 cm³/mol. The topological polar surface area (TPSA) is 78.9 Å². The number of rotatable bonds is 46. The van der Waals surface area contributed by atoms with Crippen LogP contribution in [-0.2, 0) is 28.6 Å². The quantitative estimate of drug-likeness (QED) is 0.0199. The van der Waals surface area contributed by atoms with Crippen molar-refractivity contribution in [2.45, 2.75) is 226 Å². The highest BCUT2D eigenvalue weighted by molar-refractivity contribution is 5.71. The van der Waals surface area contributed by atoms with Crippen molar-refractivity contribution in [2.75, 3.05) is 13.2 Å². The Morgan fingerprint density at radius 3 is 1.14 bits per heavy atom. The third-order valence-electron chi connectivity index (χ3n) is 10.9. The SMILES string of the molecule is CC\C=C/C=C\C=C/C=C\C=C\C=C/CCCCCC(=O)OCC(COC(=O)CCCCCCCCCCCCCCCC)OC(=O)CCC/C=C\C/C=C\C/C=C\C/C=C\CCCCC. The van der Waals surface area contributed by atoms with E-state index in [4.69, 9.17) is 14.2 Å². The number of allylic oxidation sites excluding steroid dienone is 20. The molecule has 6 heteroatoms. The molecule has 0 aromatic carbocycles. The second-order valence-electron chi connectivity index (χ2n) is 17.2. The molecule has 0 bridgehead atoms. The number of esters is 3. The molecule has 0 fully saturated rings. The van der Waals surface area contributed by atoms with Gasteiger partial charge in [0.25, 0.3) is 0 Å². The van der Waals surface area contributed by atoms with Crippen LogP contribution < -0.4 is 0 Å². The lowest BCUT2D eigenvalue weighted by Gasteiger charge is -2.18. The molecule has 0 saturated heterocycles. The first-order valence-electron chi connectivity index (χ1n) is 26.6. The minimum atomic E-state index is -0.827. The van der Waals surface area contributed by atoms with E-state index in [0.717, 1.165) is 77.0 Å². The van der Waals surface area contributed by atoms with Gasteiger partial charge in [0.05, 0.1) is 0 Å². The van der Waals surface area contributed by atoms with Gasteiger partial charge < -0.3 is 14.2 Å². The Morgan fingerprint density at radius 1 is 0.333 bits per heavy atom. The summed E-state index contributed by atoms with van der Waals surface area (Å²) < 4.78 is 16.7. The van der Waals surface area contributed by atoms with E-state index in [1.165, 1.54) is 96.3 Å². The molecule has 372 valence electrons. The summed E-state index contributed by atoms with van der Waals surface area (Å²) in [6.45, 7) is 6.37. The van der Waals surface area contributed by atoms with Crippen molar-refractivity contribution in [3.8, 4) is 0 Å². The average molecular weight is 913 g/mol. The number of unbranched alkanes of at least 4 members (excludes halogenated alkanes) is 20. The molecule has 6 nitrogen and oxygen atoms in total. The largest absolute Gasteiger partial charge is 0.462 e. The van der Waals surface area contributed by atoms with Crippen LogP contribution in [0.15, 0.2) is 122 Å². The highest BCUT2D eigenvalue weighted by atomic mass is 16.6. The maximum absolute atomic E-state index is 12.8. The van der Waals surface area contributed by atoms with E-state index in [1.54, 1.807) is 0 Å². The van der Waals surface area contributed by atoms with E-state index in [0.29, 0.717) is 19.3 Å². The van der Waals surface area contributed by atoms with Gasteiger partial charge in [-0.05, 0) is 77.0 Å².